The standard InChI is InChI=1S/C27H23NO7S/c1-4-34-19-7-5-6-15-13-18(26(30)35-23(15)19)24(29)28-25-22(27(31)33-3)21-17-10-9-16(32-2)12-14(17)8-11-20(21)36-25/h5-7,9-10,12-13H,4,8,11H2,1-3H3,(H,28,29). The van der Waals surface area contributed by atoms with Crippen molar-refractivity contribution in [3.05, 3.63) is 74.5 Å². The Hall–Kier alpha value is -4.11. The smallest absolute Gasteiger partial charge is 0.349 e. The van der Waals surface area contributed by atoms with Gasteiger partial charge in [-0.15, -0.1) is 11.3 Å². The molecule has 0 fully saturated rings. The van der Waals surface area contributed by atoms with Crippen molar-refractivity contribution in [1.82, 2.24) is 0 Å². The van der Waals surface area contributed by atoms with E-state index >= 15 is 0 Å². The molecule has 0 aliphatic heterocycles. The van der Waals surface area contributed by atoms with Gasteiger partial charge < -0.3 is 23.9 Å². The molecule has 5 rings (SSSR count). The van der Waals surface area contributed by atoms with Gasteiger partial charge in [0.25, 0.3) is 5.91 Å². The van der Waals surface area contributed by atoms with Crippen LogP contribution in [0.1, 0.15) is 38.1 Å². The number of methoxy groups -OCH3 is 2. The van der Waals surface area contributed by atoms with Crippen LogP contribution in [-0.4, -0.2) is 32.7 Å². The zero-order valence-corrected chi connectivity index (χ0v) is 20.7. The second-order valence-electron chi connectivity index (χ2n) is 8.13. The van der Waals surface area contributed by atoms with E-state index in [2.05, 4.69) is 5.32 Å². The van der Waals surface area contributed by atoms with Gasteiger partial charge in [0, 0.05) is 15.8 Å². The van der Waals surface area contributed by atoms with E-state index in [1.165, 1.54) is 24.5 Å². The van der Waals surface area contributed by atoms with E-state index in [0.29, 0.717) is 29.2 Å². The summed E-state index contributed by atoms with van der Waals surface area (Å²) in [6.07, 6.45) is 1.46. The molecule has 0 saturated heterocycles. The number of esters is 1. The number of hydrogen-bond donors (Lipinski definition) is 1. The molecule has 184 valence electrons. The molecule has 2 aromatic heterocycles. The zero-order valence-electron chi connectivity index (χ0n) is 19.9. The number of hydrogen-bond acceptors (Lipinski definition) is 8. The minimum atomic E-state index is -0.800. The molecule has 0 unspecified atom stereocenters. The van der Waals surface area contributed by atoms with Gasteiger partial charge in [-0.1, -0.05) is 18.2 Å². The first-order chi connectivity index (χ1) is 17.4. The Kier molecular flexibility index (Phi) is 6.24. The summed E-state index contributed by atoms with van der Waals surface area (Å²) in [4.78, 5) is 39.8. The first kappa shape index (κ1) is 23.6. The van der Waals surface area contributed by atoms with Crippen LogP contribution in [0.2, 0.25) is 0 Å². The second-order valence-corrected chi connectivity index (χ2v) is 9.23. The van der Waals surface area contributed by atoms with Crippen LogP contribution in [-0.2, 0) is 17.6 Å². The predicted octanol–water partition coefficient (Wildman–Crippen LogP) is 5.07. The van der Waals surface area contributed by atoms with Gasteiger partial charge in [-0.05, 0) is 55.2 Å². The molecule has 1 amide bonds. The van der Waals surface area contributed by atoms with Gasteiger partial charge in [-0.3, -0.25) is 4.79 Å². The van der Waals surface area contributed by atoms with Crippen molar-refractivity contribution in [2.45, 2.75) is 19.8 Å². The molecule has 2 aromatic carbocycles. The maximum absolute atomic E-state index is 13.2. The maximum atomic E-state index is 13.2. The summed E-state index contributed by atoms with van der Waals surface area (Å²) in [6, 6.07) is 12.3. The molecule has 0 saturated carbocycles. The van der Waals surface area contributed by atoms with E-state index in [-0.39, 0.29) is 16.7 Å². The number of benzene rings is 2. The van der Waals surface area contributed by atoms with E-state index in [1.807, 2.05) is 25.1 Å². The largest absolute Gasteiger partial charge is 0.497 e. The minimum absolute atomic E-state index is 0.177. The molecule has 0 atom stereocenters. The fourth-order valence-electron chi connectivity index (χ4n) is 4.44. The molecule has 2 heterocycles. The second kappa shape index (κ2) is 9.50. The van der Waals surface area contributed by atoms with E-state index in [4.69, 9.17) is 18.6 Å². The fraction of sp³-hybridized carbons (Fsp3) is 0.222. The molecule has 1 aliphatic carbocycles. The highest BCUT2D eigenvalue weighted by Crippen LogP contribution is 2.46. The minimum Gasteiger partial charge on any atom is -0.497 e. The summed E-state index contributed by atoms with van der Waals surface area (Å²) in [5.41, 5.74) is 2.23. The van der Waals surface area contributed by atoms with Gasteiger partial charge in [0.05, 0.1) is 20.8 Å². The highest BCUT2D eigenvalue weighted by molar-refractivity contribution is 7.17. The van der Waals surface area contributed by atoms with Crippen molar-refractivity contribution in [2.24, 2.45) is 0 Å². The van der Waals surface area contributed by atoms with Gasteiger partial charge in [-0.25, -0.2) is 9.59 Å². The van der Waals surface area contributed by atoms with Crippen LogP contribution in [0.5, 0.6) is 11.5 Å². The molecule has 1 N–H and O–H groups in total. The number of anilines is 1. The number of carbonyl (C=O) groups is 2. The number of para-hydroxylation sites is 1. The van der Waals surface area contributed by atoms with Crippen molar-refractivity contribution in [1.29, 1.82) is 0 Å². The lowest BCUT2D eigenvalue weighted by atomic mass is 9.88. The van der Waals surface area contributed by atoms with Crippen molar-refractivity contribution >= 4 is 39.2 Å². The zero-order chi connectivity index (χ0) is 25.4. The highest BCUT2D eigenvalue weighted by Gasteiger charge is 2.31. The lowest BCUT2D eigenvalue weighted by Crippen LogP contribution is -2.21. The molecular weight excluding hydrogens is 482 g/mol. The number of nitrogens with one attached hydrogen (secondary N) is 1. The summed E-state index contributed by atoms with van der Waals surface area (Å²) in [7, 11) is 2.90. The first-order valence-corrected chi connectivity index (χ1v) is 12.2. The van der Waals surface area contributed by atoms with Gasteiger partial charge in [0.2, 0.25) is 0 Å². The van der Waals surface area contributed by atoms with Crippen molar-refractivity contribution < 1.29 is 28.2 Å². The molecule has 0 spiro atoms. The lowest BCUT2D eigenvalue weighted by Gasteiger charge is -2.18. The Labute approximate surface area is 210 Å². The van der Waals surface area contributed by atoms with Gasteiger partial charge in [-0.2, -0.15) is 0 Å². The summed E-state index contributed by atoms with van der Waals surface area (Å²) in [6.45, 7) is 2.23. The number of fused-ring (bicyclic) bond motifs is 4. The molecule has 9 heteroatoms. The van der Waals surface area contributed by atoms with E-state index < -0.39 is 17.5 Å². The molecule has 1 aliphatic rings. The first-order valence-electron chi connectivity index (χ1n) is 11.4. The molecule has 4 aromatic rings. The summed E-state index contributed by atoms with van der Waals surface area (Å²) in [5.74, 6) is -0.0890. The summed E-state index contributed by atoms with van der Waals surface area (Å²) >= 11 is 1.30. The molecule has 0 radical (unpaired) electrons. The SMILES string of the molecule is CCOc1cccc2cc(C(=O)Nc3sc4c(c3C(=O)OC)-c3ccc(OC)cc3CC4)c(=O)oc12. The lowest BCUT2D eigenvalue weighted by molar-refractivity contribution is 0.0603. The van der Waals surface area contributed by atoms with Crippen LogP contribution in [0.25, 0.3) is 22.1 Å². The van der Waals surface area contributed by atoms with Crippen LogP contribution in [0.3, 0.4) is 0 Å². The van der Waals surface area contributed by atoms with E-state index in [9.17, 15) is 14.4 Å². The van der Waals surface area contributed by atoms with Crippen molar-refractivity contribution in [2.75, 3.05) is 26.1 Å². The number of ether oxygens (including phenoxy) is 3. The van der Waals surface area contributed by atoms with Crippen LogP contribution in [0.15, 0.2) is 51.7 Å². The van der Waals surface area contributed by atoms with Crippen LogP contribution >= 0.6 is 11.3 Å². The Morgan fingerprint density at radius 2 is 1.94 bits per heavy atom. The fourth-order valence-corrected chi connectivity index (χ4v) is 5.63. The van der Waals surface area contributed by atoms with E-state index in [1.54, 1.807) is 25.3 Å². The summed E-state index contributed by atoms with van der Waals surface area (Å²) in [5, 5.41) is 3.63. The van der Waals surface area contributed by atoms with Gasteiger partial charge >= 0.3 is 11.6 Å². The number of carbonyl (C=O) groups excluding carboxylic acids is 2. The quantitative estimate of drug-likeness (QED) is 0.288. The normalized spacial score (nSPS) is 12.0. The summed E-state index contributed by atoms with van der Waals surface area (Å²) < 4.78 is 21.4. The highest BCUT2D eigenvalue weighted by atomic mass is 32.1. The Morgan fingerprint density at radius 3 is 2.69 bits per heavy atom. The van der Waals surface area contributed by atoms with Crippen LogP contribution in [0.4, 0.5) is 5.00 Å². The van der Waals surface area contributed by atoms with Gasteiger partial charge in [0.15, 0.2) is 11.3 Å². The number of aryl methyl sites for hydroxylation is 2. The Morgan fingerprint density at radius 1 is 1.11 bits per heavy atom. The maximum Gasteiger partial charge on any atom is 0.349 e. The van der Waals surface area contributed by atoms with Crippen LogP contribution in [0, 0.1) is 0 Å². The number of thiophene rings is 1. The molecule has 36 heavy (non-hydrogen) atoms. The third-order valence-electron chi connectivity index (χ3n) is 6.07. The molecule has 8 nitrogen and oxygen atoms in total. The Balaban J connectivity index is 1.57. The van der Waals surface area contributed by atoms with Crippen molar-refractivity contribution in [3.63, 3.8) is 0 Å². The molecular formula is C27H23NO7S. The average Bonchev–Trinajstić information content (AvgIpc) is 3.26. The third-order valence-corrected chi connectivity index (χ3v) is 7.23. The monoisotopic (exact) mass is 505 g/mol. The predicted molar refractivity (Wildman–Crippen MR) is 137 cm³/mol. The third kappa shape index (κ3) is 4.01. The van der Waals surface area contributed by atoms with Gasteiger partial charge in [0.1, 0.15) is 21.9 Å². The van der Waals surface area contributed by atoms with Crippen molar-refractivity contribution in [3.8, 4) is 22.6 Å². The number of rotatable bonds is 6. The average molecular weight is 506 g/mol. The topological polar surface area (TPSA) is 104 Å². The van der Waals surface area contributed by atoms with Crippen LogP contribution < -0.4 is 20.4 Å². The molecule has 0 bridgehead atoms. The number of amides is 1. The van der Waals surface area contributed by atoms with E-state index in [0.717, 1.165) is 33.7 Å². The Bertz CT molecular complexity index is 1570.